The molecule has 2 rings (SSSR count). The molecule has 2 aliphatic carbocycles. The number of hydrogen-bond acceptors (Lipinski definition) is 3. The van der Waals surface area contributed by atoms with E-state index in [1.165, 1.54) is 63.1 Å². The molecule has 45 heavy (non-hydrogen) atoms. The van der Waals surface area contributed by atoms with Crippen LogP contribution < -0.4 is 0 Å². The predicted octanol–water partition coefficient (Wildman–Crippen LogP) is 12.4. The molecule has 0 aliphatic heterocycles. The molecular weight excluding hydrogens is 585 g/mol. The van der Waals surface area contributed by atoms with Gasteiger partial charge in [-0.1, -0.05) is 100.0 Å². The van der Waals surface area contributed by atoms with Crippen LogP contribution in [-0.4, -0.2) is 39.6 Å². The molecule has 3 nitrogen and oxygen atoms in total. The Morgan fingerprint density at radius 2 is 1.69 bits per heavy atom. The van der Waals surface area contributed by atoms with E-state index < -0.39 is 22.7 Å². The van der Waals surface area contributed by atoms with Gasteiger partial charge in [0.1, 0.15) is 0 Å². The SMILES string of the molecule is C=C([C@H](O)CC)[C@@H](CC/C=C\C1=CCC[C@@]2(C)C1CCC2[C@H](C)CCCC(C)(C)O[Si](CC)(CC)CC)O[Si](C)(C)C(C)(C)C. The lowest BCUT2D eigenvalue weighted by atomic mass is 9.62. The van der Waals surface area contributed by atoms with Crippen molar-refractivity contribution < 1.29 is 14.0 Å². The van der Waals surface area contributed by atoms with Gasteiger partial charge in [-0.15, -0.1) is 0 Å². The van der Waals surface area contributed by atoms with Crippen molar-refractivity contribution in [1.29, 1.82) is 0 Å². The molecule has 0 amide bonds. The second-order valence-electron chi connectivity index (χ2n) is 17.3. The molecule has 0 radical (unpaired) electrons. The molecule has 0 spiro atoms. The summed E-state index contributed by atoms with van der Waals surface area (Å²) >= 11 is 0. The topological polar surface area (TPSA) is 38.7 Å². The Morgan fingerprint density at radius 3 is 2.24 bits per heavy atom. The molecular formula is C40H76O3Si2. The third-order valence-electron chi connectivity index (χ3n) is 12.8. The van der Waals surface area contributed by atoms with Crippen LogP contribution >= 0.6 is 0 Å². The molecule has 0 aromatic heterocycles. The maximum Gasteiger partial charge on any atom is 0.192 e. The highest BCUT2D eigenvalue weighted by atomic mass is 28.4. The first-order valence-electron chi connectivity index (χ1n) is 18.9. The quantitative estimate of drug-likeness (QED) is 0.111. The van der Waals surface area contributed by atoms with Crippen molar-refractivity contribution in [2.24, 2.45) is 23.2 Å². The average molecular weight is 661 g/mol. The van der Waals surface area contributed by atoms with Gasteiger partial charge in [0, 0.05) is 0 Å². The zero-order valence-electron chi connectivity index (χ0n) is 32.3. The van der Waals surface area contributed by atoms with Gasteiger partial charge in [0.2, 0.25) is 0 Å². The monoisotopic (exact) mass is 661 g/mol. The van der Waals surface area contributed by atoms with Crippen LogP contribution in [0.15, 0.2) is 36.0 Å². The first-order chi connectivity index (χ1) is 20.8. The normalized spacial score (nSPS) is 25.2. The standard InChI is InChI=1S/C40H76O3Si2/c1-15-36(41)32(6)37(42-44(13,14)38(7,8)9)26-20-19-24-33-25-22-30-40(12)34(27-28-35(33)40)31(5)23-21-29-39(10,11)43-45(16-2,17-3)18-4/h19,24-25,31,34-37,41H,6,15-18,20-23,26-30H2,1-5,7-14H3/b24-19-/t31-,34?,35?,36-,37-,40-/m1/s1. The van der Waals surface area contributed by atoms with Gasteiger partial charge in [-0.25, -0.2) is 0 Å². The number of rotatable bonds is 19. The molecule has 1 N–H and O–H groups in total. The van der Waals surface area contributed by atoms with Gasteiger partial charge in [0.15, 0.2) is 16.6 Å². The maximum atomic E-state index is 10.6. The van der Waals surface area contributed by atoms with Crippen molar-refractivity contribution in [3.8, 4) is 0 Å². The van der Waals surface area contributed by atoms with Crippen LogP contribution in [0.5, 0.6) is 0 Å². The molecule has 5 heteroatoms. The highest BCUT2D eigenvalue weighted by Crippen LogP contribution is 2.59. The molecule has 2 unspecified atom stereocenters. The minimum absolute atomic E-state index is 0.00263. The van der Waals surface area contributed by atoms with Crippen molar-refractivity contribution >= 4 is 16.6 Å². The van der Waals surface area contributed by atoms with Crippen LogP contribution in [0.2, 0.25) is 36.3 Å². The van der Waals surface area contributed by atoms with Gasteiger partial charge in [0.05, 0.1) is 17.8 Å². The fourth-order valence-electron chi connectivity index (χ4n) is 8.43. The fourth-order valence-corrected chi connectivity index (χ4v) is 13.0. The Balaban J connectivity index is 2.02. The van der Waals surface area contributed by atoms with E-state index in [0.29, 0.717) is 17.8 Å². The van der Waals surface area contributed by atoms with Crippen LogP contribution in [0.1, 0.15) is 140 Å². The van der Waals surface area contributed by atoms with E-state index in [-0.39, 0.29) is 16.7 Å². The lowest BCUT2D eigenvalue weighted by Crippen LogP contribution is -2.45. The van der Waals surface area contributed by atoms with Crippen LogP contribution in [0.3, 0.4) is 0 Å². The van der Waals surface area contributed by atoms with Gasteiger partial charge < -0.3 is 14.0 Å². The number of aliphatic hydroxyl groups is 1. The van der Waals surface area contributed by atoms with Gasteiger partial charge >= 0.3 is 0 Å². The van der Waals surface area contributed by atoms with Gasteiger partial charge in [0.25, 0.3) is 0 Å². The lowest BCUT2D eigenvalue weighted by Gasteiger charge is -2.43. The molecule has 262 valence electrons. The van der Waals surface area contributed by atoms with Crippen molar-refractivity contribution in [2.45, 2.75) is 194 Å². The number of hydrogen-bond donors (Lipinski definition) is 1. The number of allylic oxidation sites excluding steroid dienone is 4. The zero-order chi connectivity index (χ0) is 34.3. The van der Waals surface area contributed by atoms with E-state index in [4.69, 9.17) is 8.85 Å². The summed E-state index contributed by atoms with van der Waals surface area (Å²) < 4.78 is 13.8. The summed E-state index contributed by atoms with van der Waals surface area (Å²) in [6, 6.07) is 3.69. The van der Waals surface area contributed by atoms with Gasteiger partial charge in [-0.3, -0.25) is 0 Å². The molecule has 6 atom stereocenters. The van der Waals surface area contributed by atoms with E-state index in [1.807, 2.05) is 6.92 Å². The molecule has 2 aliphatic rings. The third-order valence-corrected chi connectivity index (χ3v) is 22.1. The number of aliphatic hydroxyl groups excluding tert-OH is 1. The summed E-state index contributed by atoms with van der Waals surface area (Å²) in [7, 11) is -3.56. The van der Waals surface area contributed by atoms with E-state index in [9.17, 15) is 5.11 Å². The van der Waals surface area contributed by atoms with Crippen LogP contribution in [0, 0.1) is 23.2 Å². The molecule has 0 saturated heterocycles. The van der Waals surface area contributed by atoms with Gasteiger partial charge in [-0.05, 0) is 136 Å². The second-order valence-corrected chi connectivity index (χ2v) is 26.8. The van der Waals surface area contributed by atoms with E-state index in [1.54, 1.807) is 5.57 Å². The summed E-state index contributed by atoms with van der Waals surface area (Å²) in [5.41, 5.74) is 2.83. The largest absolute Gasteiger partial charge is 0.412 e. The molecule has 0 aromatic carbocycles. The van der Waals surface area contributed by atoms with Crippen molar-refractivity contribution in [3.05, 3.63) is 36.0 Å². The molecule has 1 fully saturated rings. The van der Waals surface area contributed by atoms with Crippen molar-refractivity contribution in [1.82, 2.24) is 0 Å². The lowest BCUT2D eigenvalue weighted by molar-refractivity contribution is 0.0735. The predicted molar refractivity (Wildman–Crippen MR) is 203 cm³/mol. The van der Waals surface area contributed by atoms with Crippen LogP contribution in [-0.2, 0) is 8.85 Å². The summed E-state index contributed by atoms with van der Waals surface area (Å²) in [5, 5.41) is 10.8. The first-order valence-corrected chi connectivity index (χ1v) is 24.4. The Morgan fingerprint density at radius 1 is 1.07 bits per heavy atom. The zero-order valence-corrected chi connectivity index (χ0v) is 34.3. The minimum Gasteiger partial charge on any atom is -0.412 e. The van der Waals surface area contributed by atoms with E-state index >= 15 is 0 Å². The Kier molecular flexibility index (Phi) is 15.2. The second kappa shape index (κ2) is 16.8. The highest BCUT2D eigenvalue weighted by molar-refractivity contribution is 6.74. The summed E-state index contributed by atoms with van der Waals surface area (Å²) in [4.78, 5) is 0. The highest BCUT2D eigenvalue weighted by Gasteiger charge is 2.50. The van der Waals surface area contributed by atoms with Crippen LogP contribution in [0.4, 0.5) is 0 Å². The fraction of sp³-hybridized carbons (Fsp3) is 0.850. The van der Waals surface area contributed by atoms with Crippen molar-refractivity contribution in [3.63, 3.8) is 0 Å². The van der Waals surface area contributed by atoms with E-state index in [0.717, 1.165) is 30.3 Å². The Hall–Kier alpha value is -0.466. The smallest absolute Gasteiger partial charge is 0.192 e. The molecule has 1 saturated carbocycles. The first kappa shape index (κ1) is 40.7. The maximum absolute atomic E-state index is 10.6. The third kappa shape index (κ3) is 10.5. The summed E-state index contributed by atoms with van der Waals surface area (Å²) in [5.74, 6) is 2.24. The summed E-state index contributed by atoms with van der Waals surface area (Å²) in [6.45, 7) is 34.7. The Labute approximate surface area is 283 Å². The average Bonchev–Trinajstić information content (AvgIpc) is 3.33. The van der Waals surface area contributed by atoms with Gasteiger partial charge in [-0.2, -0.15) is 0 Å². The van der Waals surface area contributed by atoms with E-state index in [2.05, 4.69) is 107 Å². The number of fused-ring (bicyclic) bond motifs is 1. The molecule has 0 aromatic rings. The Bertz CT molecular complexity index is 978. The van der Waals surface area contributed by atoms with Crippen molar-refractivity contribution in [2.75, 3.05) is 0 Å². The minimum atomic E-state index is -1.98. The molecule has 0 bridgehead atoms. The molecule has 0 heterocycles. The summed E-state index contributed by atoms with van der Waals surface area (Å²) in [6.07, 6.45) is 18.3. The van der Waals surface area contributed by atoms with Crippen LogP contribution in [0.25, 0.3) is 0 Å².